The van der Waals surface area contributed by atoms with Crippen molar-refractivity contribution in [1.29, 1.82) is 0 Å². The summed E-state index contributed by atoms with van der Waals surface area (Å²) in [6, 6.07) is 3.15. The Morgan fingerprint density at radius 1 is 1.06 bits per heavy atom. The summed E-state index contributed by atoms with van der Waals surface area (Å²) in [4.78, 5) is 11.7. The number of rotatable bonds is 9. The highest BCUT2D eigenvalue weighted by molar-refractivity contribution is 9.09. The van der Waals surface area contributed by atoms with E-state index in [1.165, 1.54) is 0 Å². The minimum atomic E-state index is -1.71. The van der Waals surface area contributed by atoms with Crippen LogP contribution in [-0.2, 0) is 9.22 Å². The molecular weight excluding hydrogens is 284 g/mol. The molecular formula is C12H25BrO2Si. The maximum absolute atomic E-state index is 11.7. The van der Waals surface area contributed by atoms with Crippen LogP contribution in [0.4, 0.5) is 0 Å². The summed E-state index contributed by atoms with van der Waals surface area (Å²) < 4.78 is 5.75. The van der Waals surface area contributed by atoms with Crippen LogP contribution in [0.15, 0.2) is 0 Å². The highest BCUT2D eigenvalue weighted by Gasteiger charge is 2.32. The van der Waals surface area contributed by atoms with Crippen LogP contribution in [0.25, 0.3) is 0 Å². The van der Waals surface area contributed by atoms with Crippen molar-refractivity contribution in [2.45, 2.75) is 64.6 Å². The SMILES string of the molecule is CC[Si](CC)(CC)OC(=O)CCCCCBr. The number of carbonyl (C=O) groups is 1. The van der Waals surface area contributed by atoms with Crippen LogP contribution in [0.3, 0.4) is 0 Å². The van der Waals surface area contributed by atoms with Gasteiger partial charge < -0.3 is 4.43 Å². The lowest BCUT2D eigenvalue weighted by molar-refractivity contribution is -0.135. The van der Waals surface area contributed by atoms with Gasteiger partial charge in [-0.1, -0.05) is 43.1 Å². The van der Waals surface area contributed by atoms with E-state index in [2.05, 4.69) is 36.7 Å². The van der Waals surface area contributed by atoms with Crippen LogP contribution in [0.5, 0.6) is 0 Å². The third kappa shape index (κ3) is 6.04. The molecule has 0 saturated carbocycles. The number of unbranched alkanes of at least 4 members (excludes halogenated alkanes) is 2. The molecule has 0 aromatic rings. The Balaban J connectivity index is 3.91. The molecule has 96 valence electrons. The zero-order valence-electron chi connectivity index (χ0n) is 10.9. The van der Waals surface area contributed by atoms with Gasteiger partial charge in [-0.15, -0.1) is 0 Å². The molecule has 0 aliphatic carbocycles. The molecule has 0 fully saturated rings. The fourth-order valence-electron chi connectivity index (χ4n) is 1.80. The average Bonchev–Trinajstić information content (AvgIpc) is 2.32. The normalized spacial score (nSPS) is 11.5. The predicted octanol–water partition coefficient (Wildman–Crippen LogP) is 4.49. The Morgan fingerprint density at radius 2 is 1.62 bits per heavy atom. The minimum Gasteiger partial charge on any atom is -0.519 e. The van der Waals surface area contributed by atoms with E-state index >= 15 is 0 Å². The first kappa shape index (κ1) is 16.2. The molecule has 0 unspecified atom stereocenters. The van der Waals surface area contributed by atoms with Crippen molar-refractivity contribution in [3.63, 3.8) is 0 Å². The highest BCUT2D eigenvalue weighted by atomic mass is 79.9. The van der Waals surface area contributed by atoms with Gasteiger partial charge in [0.05, 0.1) is 0 Å². The zero-order chi connectivity index (χ0) is 12.4. The van der Waals surface area contributed by atoms with Crippen molar-refractivity contribution < 1.29 is 9.22 Å². The second-order valence-corrected chi connectivity index (χ2v) is 9.70. The molecule has 16 heavy (non-hydrogen) atoms. The van der Waals surface area contributed by atoms with E-state index in [1.807, 2.05) is 0 Å². The number of halogens is 1. The third-order valence-corrected chi connectivity index (χ3v) is 8.37. The maximum Gasteiger partial charge on any atom is 0.292 e. The molecule has 0 rings (SSSR count). The van der Waals surface area contributed by atoms with Crippen molar-refractivity contribution in [3.05, 3.63) is 0 Å². The fraction of sp³-hybridized carbons (Fsp3) is 0.917. The Kier molecular flexibility index (Phi) is 9.32. The van der Waals surface area contributed by atoms with Crippen LogP contribution < -0.4 is 0 Å². The lowest BCUT2D eigenvalue weighted by atomic mass is 10.2. The van der Waals surface area contributed by atoms with E-state index in [9.17, 15) is 4.79 Å². The molecule has 0 spiro atoms. The smallest absolute Gasteiger partial charge is 0.292 e. The molecule has 2 nitrogen and oxygen atoms in total. The first-order chi connectivity index (χ1) is 7.64. The second-order valence-electron chi connectivity index (χ2n) is 4.22. The van der Waals surface area contributed by atoms with Crippen LogP contribution in [-0.4, -0.2) is 19.6 Å². The lowest BCUT2D eigenvalue weighted by Crippen LogP contribution is -2.38. The van der Waals surface area contributed by atoms with Gasteiger partial charge in [0, 0.05) is 11.8 Å². The Morgan fingerprint density at radius 3 is 2.06 bits per heavy atom. The second kappa shape index (κ2) is 9.22. The minimum absolute atomic E-state index is 0.0341. The van der Waals surface area contributed by atoms with Gasteiger partial charge in [0.1, 0.15) is 0 Å². The van der Waals surface area contributed by atoms with Gasteiger partial charge >= 0.3 is 0 Å². The predicted molar refractivity (Wildman–Crippen MR) is 75.6 cm³/mol. The van der Waals surface area contributed by atoms with E-state index in [0.29, 0.717) is 6.42 Å². The fourth-order valence-corrected chi connectivity index (χ4v) is 4.71. The summed E-state index contributed by atoms with van der Waals surface area (Å²) in [5, 5.41) is 1.03. The first-order valence-corrected chi connectivity index (χ1v) is 10.1. The molecule has 0 saturated heterocycles. The van der Waals surface area contributed by atoms with E-state index < -0.39 is 8.32 Å². The van der Waals surface area contributed by atoms with Gasteiger partial charge in [-0.3, -0.25) is 4.79 Å². The Labute approximate surface area is 109 Å². The summed E-state index contributed by atoms with van der Waals surface area (Å²) in [5.74, 6) is 0.0341. The summed E-state index contributed by atoms with van der Waals surface area (Å²) in [6.07, 6.45) is 3.82. The van der Waals surface area contributed by atoms with Crippen molar-refractivity contribution in [2.75, 3.05) is 5.33 Å². The topological polar surface area (TPSA) is 26.3 Å². The molecule has 0 aromatic heterocycles. The average molecular weight is 309 g/mol. The molecule has 0 bridgehead atoms. The van der Waals surface area contributed by atoms with Gasteiger partial charge in [-0.25, -0.2) is 0 Å². The number of hydrogen-bond acceptors (Lipinski definition) is 2. The summed E-state index contributed by atoms with van der Waals surface area (Å²) >= 11 is 3.39. The first-order valence-electron chi connectivity index (χ1n) is 6.42. The molecule has 0 amide bonds. The molecule has 0 aromatic carbocycles. The molecule has 0 radical (unpaired) electrons. The monoisotopic (exact) mass is 308 g/mol. The van der Waals surface area contributed by atoms with Crippen LogP contribution in [0, 0.1) is 0 Å². The molecule has 0 atom stereocenters. The number of hydrogen-bond donors (Lipinski definition) is 0. The van der Waals surface area contributed by atoms with Crippen LogP contribution >= 0.6 is 15.9 Å². The van der Waals surface area contributed by atoms with Gasteiger partial charge in [-0.2, -0.15) is 0 Å². The zero-order valence-corrected chi connectivity index (χ0v) is 13.4. The van der Waals surface area contributed by atoms with Gasteiger partial charge in [0.25, 0.3) is 14.3 Å². The van der Waals surface area contributed by atoms with Crippen LogP contribution in [0.1, 0.15) is 46.5 Å². The van der Waals surface area contributed by atoms with Crippen molar-refractivity contribution in [3.8, 4) is 0 Å². The highest BCUT2D eigenvalue weighted by Crippen LogP contribution is 2.22. The quantitative estimate of drug-likeness (QED) is 0.356. The largest absolute Gasteiger partial charge is 0.519 e. The molecule has 0 N–H and O–H groups in total. The Hall–Kier alpha value is 0.167. The number of carbonyl (C=O) groups excluding carboxylic acids is 1. The summed E-state index contributed by atoms with van der Waals surface area (Å²) in [5.41, 5.74) is 0. The van der Waals surface area contributed by atoms with Crippen LogP contribution in [0.2, 0.25) is 18.1 Å². The van der Waals surface area contributed by atoms with Crippen molar-refractivity contribution in [1.82, 2.24) is 0 Å². The molecule has 4 heteroatoms. The molecule has 0 aliphatic rings. The van der Waals surface area contributed by atoms with E-state index in [-0.39, 0.29) is 5.97 Å². The molecule has 0 heterocycles. The van der Waals surface area contributed by atoms with Gasteiger partial charge in [0.2, 0.25) is 0 Å². The summed E-state index contributed by atoms with van der Waals surface area (Å²) in [6.45, 7) is 6.45. The van der Waals surface area contributed by atoms with E-state index in [4.69, 9.17) is 4.43 Å². The van der Waals surface area contributed by atoms with Gasteiger partial charge in [-0.05, 0) is 31.0 Å². The van der Waals surface area contributed by atoms with Gasteiger partial charge in [0.15, 0.2) is 0 Å². The molecule has 0 aliphatic heterocycles. The standard InChI is InChI=1S/C12H25BrO2Si/c1-4-16(5-2,6-3)15-12(14)10-8-7-9-11-13/h4-11H2,1-3H3. The van der Waals surface area contributed by atoms with Crippen molar-refractivity contribution in [2.24, 2.45) is 0 Å². The van der Waals surface area contributed by atoms with E-state index in [0.717, 1.165) is 42.7 Å². The summed E-state index contributed by atoms with van der Waals surface area (Å²) in [7, 11) is -1.71. The maximum atomic E-state index is 11.7. The van der Waals surface area contributed by atoms with E-state index in [1.54, 1.807) is 0 Å². The lowest BCUT2D eigenvalue weighted by Gasteiger charge is -2.27. The Bertz CT molecular complexity index is 185. The number of alkyl halides is 1. The van der Waals surface area contributed by atoms with Crippen molar-refractivity contribution >= 4 is 30.2 Å². The third-order valence-electron chi connectivity index (χ3n) is 3.28.